The summed E-state index contributed by atoms with van der Waals surface area (Å²) in [7, 11) is 0. The molecule has 0 bridgehead atoms. The molecular weight excluding hydrogens is 312 g/mol. The number of rotatable bonds is 5. The van der Waals surface area contributed by atoms with Crippen LogP contribution in [0.5, 0.6) is 0 Å². The zero-order valence-electron chi connectivity index (χ0n) is 16.2. The molecule has 2 N–H and O–H groups in total. The second-order valence-corrected chi connectivity index (χ2v) is 9.04. The summed E-state index contributed by atoms with van der Waals surface area (Å²) in [5, 5.41) is 0. The lowest BCUT2D eigenvalue weighted by atomic mass is 9.71. The molecule has 0 atom stereocenters. The van der Waals surface area contributed by atoms with Crippen LogP contribution in [-0.4, -0.2) is 42.6 Å². The number of nitrogens with zero attached hydrogens (tertiary/aromatic N) is 1. The summed E-state index contributed by atoms with van der Waals surface area (Å²) in [5.41, 5.74) is 6.15. The first-order valence-corrected chi connectivity index (χ1v) is 10.7. The lowest BCUT2D eigenvalue weighted by Crippen LogP contribution is -2.45. The van der Waals surface area contributed by atoms with Crippen molar-refractivity contribution in [1.29, 1.82) is 0 Å². The molecule has 25 heavy (non-hydrogen) atoms. The Morgan fingerprint density at radius 3 is 2.20 bits per heavy atom. The fourth-order valence-corrected chi connectivity index (χ4v) is 5.07. The SMILES string of the molecule is CC1CCC(OC2CCN(C(=O)CC3(CN)CCCCC3)CC2)CC1. The fraction of sp³-hybridized carbons (Fsp3) is 0.952. The molecule has 1 heterocycles. The minimum absolute atomic E-state index is 0.0848. The van der Waals surface area contributed by atoms with Crippen molar-refractivity contribution in [3.63, 3.8) is 0 Å². The van der Waals surface area contributed by atoms with Crippen LogP contribution >= 0.6 is 0 Å². The molecule has 3 rings (SSSR count). The van der Waals surface area contributed by atoms with Crippen molar-refractivity contribution in [2.24, 2.45) is 17.1 Å². The summed E-state index contributed by atoms with van der Waals surface area (Å²) in [4.78, 5) is 14.9. The summed E-state index contributed by atoms with van der Waals surface area (Å²) in [6.45, 7) is 4.75. The third-order valence-electron chi connectivity index (χ3n) is 7.02. The van der Waals surface area contributed by atoms with Gasteiger partial charge in [0, 0.05) is 19.5 Å². The van der Waals surface area contributed by atoms with E-state index in [-0.39, 0.29) is 5.41 Å². The molecule has 3 fully saturated rings. The number of amides is 1. The number of carbonyl (C=O) groups is 1. The molecule has 2 aliphatic carbocycles. The smallest absolute Gasteiger partial charge is 0.223 e. The predicted molar refractivity (Wildman–Crippen MR) is 101 cm³/mol. The Labute approximate surface area is 153 Å². The van der Waals surface area contributed by atoms with Crippen LogP contribution in [0.1, 0.15) is 84.0 Å². The third kappa shape index (κ3) is 5.19. The van der Waals surface area contributed by atoms with Gasteiger partial charge in [-0.2, -0.15) is 0 Å². The maximum atomic E-state index is 12.8. The molecule has 3 aliphatic rings. The quantitative estimate of drug-likeness (QED) is 0.819. The normalized spacial score (nSPS) is 31.0. The van der Waals surface area contributed by atoms with E-state index < -0.39 is 0 Å². The predicted octanol–water partition coefficient (Wildman–Crippen LogP) is 3.87. The molecule has 2 saturated carbocycles. The van der Waals surface area contributed by atoms with E-state index in [1.807, 2.05) is 0 Å². The number of nitrogens with two attached hydrogens (primary N) is 1. The van der Waals surface area contributed by atoms with Gasteiger partial charge in [-0.25, -0.2) is 0 Å². The van der Waals surface area contributed by atoms with E-state index in [4.69, 9.17) is 10.5 Å². The highest BCUT2D eigenvalue weighted by molar-refractivity contribution is 5.77. The number of carbonyl (C=O) groups excluding carboxylic acids is 1. The van der Waals surface area contributed by atoms with E-state index in [9.17, 15) is 4.79 Å². The first-order valence-electron chi connectivity index (χ1n) is 10.7. The van der Waals surface area contributed by atoms with Crippen LogP contribution in [0.2, 0.25) is 0 Å². The molecule has 0 aromatic rings. The lowest BCUT2D eigenvalue weighted by Gasteiger charge is -2.39. The number of hydrogen-bond acceptors (Lipinski definition) is 3. The Morgan fingerprint density at radius 1 is 1.00 bits per heavy atom. The molecule has 0 unspecified atom stereocenters. The molecule has 0 spiro atoms. The zero-order valence-corrected chi connectivity index (χ0v) is 16.2. The maximum Gasteiger partial charge on any atom is 0.223 e. The Hall–Kier alpha value is -0.610. The average Bonchev–Trinajstić information content (AvgIpc) is 2.65. The summed E-state index contributed by atoms with van der Waals surface area (Å²) in [5.74, 6) is 1.20. The Bertz CT molecular complexity index is 418. The molecule has 1 amide bonds. The number of piperidine rings is 1. The van der Waals surface area contributed by atoms with Crippen molar-refractivity contribution in [3.8, 4) is 0 Å². The largest absolute Gasteiger partial charge is 0.375 e. The molecule has 0 aromatic heterocycles. The van der Waals surface area contributed by atoms with Crippen LogP contribution in [0.4, 0.5) is 0 Å². The first kappa shape index (κ1) is 19.2. The van der Waals surface area contributed by atoms with Gasteiger partial charge >= 0.3 is 0 Å². The van der Waals surface area contributed by atoms with Crippen LogP contribution in [0, 0.1) is 11.3 Å². The summed E-state index contributed by atoms with van der Waals surface area (Å²) in [6, 6.07) is 0. The Morgan fingerprint density at radius 2 is 1.60 bits per heavy atom. The average molecular weight is 351 g/mol. The van der Waals surface area contributed by atoms with Gasteiger partial charge in [0.15, 0.2) is 0 Å². The highest BCUT2D eigenvalue weighted by atomic mass is 16.5. The molecule has 1 aliphatic heterocycles. The highest BCUT2D eigenvalue weighted by Gasteiger charge is 2.35. The van der Waals surface area contributed by atoms with E-state index in [0.29, 0.717) is 31.1 Å². The van der Waals surface area contributed by atoms with Crippen molar-refractivity contribution < 1.29 is 9.53 Å². The molecule has 1 saturated heterocycles. The van der Waals surface area contributed by atoms with Crippen molar-refractivity contribution in [2.45, 2.75) is 96.2 Å². The molecule has 0 radical (unpaired) electrons. The van der Waals surface area contributed by atoms with Crippen molar-refractivity contribution in [1.82, 2.24) is 4.90 Å². The van der Waals surface area contributed by atoms with Crippen LogP contribution in [-0.2, 0) is 9.53 Å². The zero-order chi connectivity index (χ0) is 17.7. The molecule has 4 nitrogen and oxygen atoms in total. The van der Waals surface area contributed by atoms with Gasteiger partial charge in [0.2, 0.25) is 5.91 Å². The van der Waals surface area contributed by atoms with Crippen molar-refractivity contribution in [2.75, 3.05) is 19.6 Å². The van der Waals surface area contributed by atoms with Gasteiger partial charge in [-0.05, 0) is 69.2 Å². The minimum atomic E-state index is 0.0848. The number of hydrogen-bond donors (Lipinski definition) is 1. The lowest BCUT2D eigenvalue weighted by molar-refractivity contribution is -0.138. The van der Waals surface area contributed by atoms with Gasteiger partial charge in [-0.3, -0.25) is 4.79 Å². The monoisotopic (exact) mass is 350 g/mol. The van der Waals surface area contributed by atoms with Crippen molar-refractivity contribution >= 4 is 5.91 Å². The first-order chi connectivity index (χ1) is 12.1. The Balaban J connectivity index is 1.41. The summed E-state index contributed by atoms with van der Waals surface area (Å²) < 4.78 is 6.34. The minimum Gasteiger partial charge on any atom is -0.375 e. The third-order valence-corrected chi connectivity index (χ3v) is 7.02. The van der Waals surface area contributed by atoms with Gasteiger partial charge in [0.1, 0.15) is 0 Å². The number of likely N-dealkylation sites (tertiary alicyclic amines) is 1. The van der Waals surface area contributed by atoms with Crippen molar-refractivity contribution in [3.05, 3.63) is 0 Å². The second kappa shape index (κ2) is 8.85. The van der Waals surface area contributed by atoms with Crippen LogP contribution in [0.25, 0.3) is 0 Å². The van der Waals surface area contributed by atoms with Gasteiger partial charge in [0.25, 0.3) is 0 Å². The van der Waals surface area contributed by atoms with Crippen LogP contribution < -0.4 is 5.73 Å². The molecular formula is C21H38N2O2. The Kier molecular flexibility index (Phi) is 6.79. The highest BCUT2D eigenvalue weighted by Crippen LogP contribution is 2.39. The van der Waals surface area contributed by atoms with E-state index in [1.54, 1.807) is 0 Å². The van der Waals surface area contributed by atoms with Crippen LogP contribution in [0.3, 0.4) is 0 Å². The molecule has 4 heteroatoms. The van der Waals surface area contributed by atoms with Gasteiger partial charge in [0.05, 0.1) is 12.2 Å². The number of ether oxygens (including phenoxy) is 1. The topological polar surface area (TPSA) is 55.6 Å². The maximum absolute atomic E-state index is 12.8. The molecule has 0 aromatic carbocycles. The fourth-order valence-electron chi connectivity index (χ4n) is 5.07. The van der Waals surface area contributed by atoms with E-state index in [0.717, 1.165) is 44.7 Å². The van der Waals surface area contributed by atoms with Gasteiger partial charge in [-0.15, -0.1) is 0 Å². The standard InChI is InChI=1S/C21H38N2O2/c1-17-5-7-18(8-6-17)25-19-9-13-23(14-10-19)20(24)15-21(16-22)11-3-2-4-12-21/h17-19H,2-16,22H2,1H3. The van der Waals surface area contributed by atoms with Gasteiger partial charge in [-0.1, -0.05) is 26.2 Å². The van der Waals surface area contributed by atoms with Crippen LogP contribution in [0.15, 0.2) is 0 Å². The molecule has 144 valence electrons. The second-order valence-electron chi connectivity index (χ2n) is 9.04. The van der Waals surface area contributed by atoms with E-state index in [2.05, 4.69) is 11.8 Å². The van der Waals surface area contributed by atoms with E-state index in [1.165, 1.54) is 44.9 Å². The summed E-state index contributed by atoms with van der Waals surface area (Å²) >= 11 is 0. The summed E-state index contributed by atoms with van der Waals surface area (Å²) in [6.07, 6.45) is 14.6. The van der Waals surface area contributed by atoms with E-state index >= 15 is 0 Å². The van der Waals surface area contributed by atoms with Gasteiger partial charge < -0.3 is 15.4 Å².